The van der Waals surface area contributed by atoms with Crippen LogP contribution in [0.5, 0.6) is 0 Å². The van der Waals surface area contributed by atoms with Gasteiger partial charge in [-0.2, -0.15) is 0 Å². The van der Waals surface area contributed by atoms with E-state index in [9.17, 15) is 19.2 Å². The van der Waals surface area contributed by atoms with E-state index in [-0.39, 0.29) is 38.5 Å². The van der Waals surface area contributed by atoms with Gasteiger partial charge in [0, 0.05) is 31.7 Å². The van der Waals surface area contributed by atoms with Gasteiger partial charge in [0.2, 0.25) is 23.6 Å². The quantitative estimate of drug-likeness (QED) is 0.172. The first kappa shape index (κ1) is 23.8. The molecule has 0 aliphatic heterocycles. The summed E-state index contributed by atoms with van der Waals surface area (Å²) in [6, 6.07) is 0. The molecule has 0 fully saturated rings. The van der Waals surface area contributed by atoms with E-state index in [0.29, 0.717) is 0 Å². The van der Waals surface area contributed by atoms with Crippen molar-refractivity contribution in [3.63, 3.8) is 0 Å². The van der Waals surface area contributed by atoms with Crippen LogP contribution in [-0.2, 0) is 19.2 Å². The summed E-state index contributed by atoms with van der Waals surface area (Å²) in [7, 11) is 0. The standard InChI is InChI=1S/C15H28N4O7/c1-11(23)19-15(5-2-12(24)16-8-20,6-3-13(25)17-9-21)7-4-14(26)18-10-22/h20-22H,2-10H2,1H3,(H,16,24)(H,17,25)(H,18,26)(H,19,23). The molecule has 0 unspecified atom stereocenters. The second-order valence-corrected chi connectivity index (χ2v) is 5.74. The molecule has 0 saturated heterocycles. The smallest absolute Gasteiger partial charge is 0.221 e. The Morgan fingerprint density at radius 2 is 1.00 bits per heavy atom. The van der Waals surface area contributed by atoms with Gasteiger partial charge in [-0.15, -0.1) is 0 Å². The Morgan fingerprint density at radius 1 is 0.692 bits per heavy atom. The number of aliphatic hydroxyl groups is 3. The lowest BCUT2D eigenvalue weighted by molar-refractivity contribution is -0.126. The molecule has 0 aromatic heterocycles. The highest BCUT2D eigenvalue weighted by Gasteiger charge is 2.32. The summed E-state index contributed by atoms with van der Waals surface area (Å²) >= 11 is 0. The summed E-state index contributed by atoms with van der Waals surface area (Å²) in [5.74, 6) is -1.72. The maximum absolute atomic E-state index is 11.6. The average Bonchev–Trinajstić information content (AvgIpc) is 2.56. The lowest BCUT2D eigenvalue weighted by atomic mass is 9.83. The fourth-order valence-electron chi connectivity index (χ4n) is 2.52. The van der Waals surface area contributed by atoms with Gasteiger partial charge in [0.05, 0.1) is 0 Å². The Balaban J connectivity index is 5.19. The second kappa shape index (κ2) is 13.0. The molecular formula is C15H28N4O7. The Labute approximate surface area is 151 Å². The van der Waals surface area contributed by atoms with E-state index in [1.165, 1.54) is 6.92 Å². The summed E-state index contributed by atoms with van der Waals surface area (Å²) in [5, 5.41) is 35.6. The van der Waals surface area contributed by atoms with Crippen molar-refractivity contribution in [1.82, 2.24) is 21.3 Å². The van der Waals surface area contributed by atoms with Crippen molar-refractivity contribution in [1.29, 1.82) is 0 Å². The number of carbonyl (C=O) groups excluding carboxylic acids is 4. The van der Waals surface area contributed by atoms with Crippen LogP contribution in [0, 0.1) is 0 Å². The van der Waals surface area contributed by atoms with Gasteiger partial charge in [-0.05, 0) is 19.3 Å². The molecule has 0 radical (unpaired) electrons. The number of rotatable bonds is 13. The first-order valence-electron chi connectivity index (χ1n) is 8.20. The molecule has 0 heterocycles. The zero-order valence-electron chi connectivity index (χ0n) is 14.8. The van der Waals surface area contributed by atoms with Crippen LogP contribution in [-0.4, -0.2) is 64.7 Å². The van der Waals surface area contributed by atoms with Crippen molar-refractivity contribution < 1.29 is 34.5 Å². The third kappa shape index (κ3) is 10.6. The maximum atomic E-state index is 11.6. The molecule has 150 valence electrons. The third-order valence-corrected chi connectivity index (χ3v) is 3.76. The van der Waals surface area contributed by atoms with Crippen LogP contribution in [0.25, 0.3) is 0 Å². The molecule has 0 atom stereocenters. The van der Waals surface area contributed by atoms with Crippen LogP contribution in [0.2, 0.25) is 0 Å². The molecule has 0 aromatic rings. The average molecular weight is 376 g/mol. The molecule has 11 heteroatoms. The van der Waals surface area contributed by atoms with E-state index in [1.54, 1.807) is 0 Å². The molecule has 4 amide bonds. The highest BCUT2D eigenvalue weighted by atomic mass is 16.3. The number of carbonyl (C=O) groups is 4. The van der Waals surface area contributed by atoms with Crippen molar-refractivity contribution in [2.75, 3.05) is 20.2 Å². The first-order chi connectivity index (χ1) is 12.3. The predicted octanol–water partition coefficient (Wildman–Crippen LogP) is -2.60. The normalized spacial score (nSPS) is 10.8. The second-order valence-electron chi connectivity index (χ2n) is 5.74. The molecular weight excluding hydrogens is 348 g/mol. The molecule has 0 bridgehead atoms. The zero-order valence-corrected chi connectivity index (χ0v) is 14.8. The molecule has 0 aliphatic carbocycles. The van der Waals surface area contributed by atoms with Gasteiger partial charge in [0.25, 0.3) is 0 Å². The Hall–Kier alpha value is -2.24. The summed E-state index contributed by atoms with van der Waals surface area (Å²) in [6.45, 7) is -0.290. The SMILES string of the molecule is CC(=O)NC(CCC(=O)NCO)(CCC(=O)NCO)CCC(=O)NCO. The first-order valence-corrected chi connectivity index (χ1v) is 8.20. The van der Waals surface area contributed by atoms with Crippen molar-refractivity contribution in [2.45, 2.75) is 51.0 Å². The maximum Gasteiger partial charge on any atom is 0.221 e. The van der Waals surface area contributed by atoms with E-state index in [2.05, 4.69) is 21.3 Å². The third-order valence-electron chi connectivity index (χ3n) is 3.76. The minimum absolute atomic E-state index is 0.0376. The van der Waals surface area contributed by atoms with E-state index in [0.717, 1.165) is 0 Å². The van der Waals surface area contributed by atoms with Gasteiger partial charge in [0.15, 0.2) is 0 Å². The van der Waals surface area contributed by atoms with Gasteiger partial charge in [-0.25, -0.2) is 0 Å². The van der Waals surface area contributed by atoms with Gasteiger partial charge in [-0.3, -0.25) is 19.2 Å². The highest BCUT2D eigenvalue weighted by molar-refractivity contribution is 5.78. The van der Waals surface area contributed by atoms with Crippen molar-refractivity contribution in [2.24, 2.45) is 0 Å². The Kier molecular flexibility index (Phi) is 11.9. The molecule has 0 spiro atoms. The summed E-state index contributed by atoms with van der Waals surface area (Å²) in [6.07, 6.45) is 0.296. The largest absolute Gasteiger partial charge is 0.377 e. The Morgan fingerprint density at radius 3 is 1.23 bits per heavy atom. The van der Waals surface area contributed by atoms with E-state index >= 15 is 0 Å². The summed E-state index contributed by atoms with van der Waals surface area (Å²) < 4.78 is 0. The number of hydrogen-bond acceptors (Lipinski definition) is 7. The van der Waals surface area contributed by atoms with E-state index in [1.807, 2.05) is 0 Å². The molecule has 0 aliphatic rings. The molecule has 0 aromatic carbocycles. The monoisotopic (exact) mass is 376 g/mol. The van der Waals surface area contributed by atoms with E-state index < -0.39 is 49.4 Å². The minimum atomic E-state index is -1.02. The summed E-state index contributed by atoms with van der Waals surface area (Å²) in [4.78, 5) is 46.6. The molecule has 26 heavy (non-hydrogen) atoms. The number of aliphatic hydroxyl groups excluding tert-OH is 3. The number of hydrogen-bond donors (Lipinski definition) is 7. The minimum Gasteiger partial charge on any atom is -0.377 e. The fourth-order valence-corrected chi connectivity index (χ4v) is 2.52. The van der Waals surface area contributed by atoms with Crippen molar-refractivity contribution in [3.05, 3.63) is 0 Å². The molecule has 7 N–H and O–H groups in total. The number of amides is 4. The number of nitrogens with one attached hydrogen (secondary N) is 4. The highest BCUT2D eigenvalue weighted by Crippen LogP contribution is 2.26. The fraction of sp³-hybridized carbons (Fsp3) is 0.733. The molecule has 0 saturated carbocycles. The Bertz CT molecular complexity index is 430. The predicted molar refractivity (Wildman–Crippen MR) is 89.9 cm³/mol. The van der Waals surface area contributed by atoms with Crippen molar-refractivity contribution >= 4 is 23.6 Å². The van der Waals surface area contributed by atoms with E-state index in [4.69, 9.17) is 15.3 Å². The van der Waals surface area contributed by atoms with Gasteiger partial charge < -0.3 is 36.6 Å². The van der Waals surface area contributed by atoms with Gasteiger partial charge in [-0.1, -0.05) is 0 Å². The van der Waals surface area contributed by atoms with Gasteiger partial charge in [0.1, 0.15) is 20.2 Å². The molecule has 0 rings (SSSR count). The lowest BCUT2D eigenvalue weighted by Gasteiger charge is -2.34. The molecule has 11 nitrogen and oxygen atoms in total. The van der Waals surface area contributed by atoms with Crippen LogP contribution in [0.3, 0.4) is 0 Å². The lowest BCUT2D eigenvalue weighted by Crippen LogP contribution is -2.49. The topological polar surface area (TPSA) is 177 Å². The van der Waals surface area contributed by atoms with Crippen LogP contribution in [0.1, 0.15) is 45.4 Å². The van der Waals surface area contributed by atoms with Crippen LogP contribution in [0.15, 0.2) is 0 Å². The van der Waals surface area contributed by atoms with Crippen molar-refractivity contribution in [3.8, 4) is 0 Å². The van der Waals surface area contributed by atoms with Crippen LogP contribution >= 0.6 is 0 Å². The van der Waals surface area contributed by atoms with Gasteiger partial charge >= 0.3 is 0 Å². The van der Waals surface area contributed by atoms with Crippen LogP contribution < -0.4 is 21.3 Å². The zero-order chi connectivity index (χ0) is 20.0. The van der Waals surface area contributed by atoms with Crippen LogP contribution in [0.4, 0.5) is 0 Å². The summed E-state index contributed by atoms with van der Waals surface area (Å²) in [5.41, 5.74) is -1.02.